The molecule has 0 radical (unpaired) electrons. The van der Waals surface area contributed by atoms with E-state index in [4.69, 9.17) is 10.5 Å². The lowest BCUT2D eigenvalue weighted by atomic mass is 10.1. The maximum Gasteiger partial charge on any atom is 0.0717 e. The van der Waals surface area contributed by atoms with E-state index in [1.54, 1.807) is 0 Å². The van der Waals surface area contributed by atoms with Gasteiger partial charge in [-0.1, -0.05) is 30.3 Å². The highest BCUT2D eigenvalue weighted by Crippen LogP contribution is 2.02. The number of nitrogens with two attached hydrogens (primary N) is 1. The molecule has 0 amide bonds. The third kappa shape index (κ3) is 5.31. The first-order chi connectivity index (χ1) is 8.11. The molecule has 0 spiro atoms. The molecule has 2 N–H and O–H groups in total. The Morgan fingerprint density at radius 3 is 2.47 bits per heavy atom. The van der Waals surface area contributed by atoms with Gasteiger partial charge in [0.25, 0.3) is 0 Å². The Hall–Kier alpha value is -0.900. The van der Waals surface area contributed by atoms with E-state index in [9.17, 15) is 0 Å². The number of rotatable bonds is 7. The topological polar surface area (TPSA) is 38.5 Å². The quantitative estimate of drug-likeness (QED) is 0.735. The molecule has 1 aromatic rings. The smallest absolute Gasteiger partial charge is 0.0717 e. The van der Waals surface area contributed by atoms with Crippen LogP contribution in [0.4, 0.5) is 0 Å². The number of hydrogen-bond acceptors (Lipinski definition) is 3. The molecule has 1 aromatic carbocycles. The fraction of sp³-hybridized carbons (Fsp3) is 0.571. The molecule has 2 unspecified atom stereocenters. The van der Waals surface area contributed by atoms with Gasteiger partial charge in [0.2, 0.25) is 0 Å². The van der Waals surface area contributed by atoms with Gasteiger partial charge in [-0.15, -0.1) is 0 Å². The van der Waals surface area contributed by atoms with Crippen molar-refractivity contribution in [1.29, 1.82) is 0 Å². The molecule has 0 fully saturated rings. The average Bonchev–Trinajstić information content (AvgIpc) is 2.34. The predicted octanol–water partition coefficient (Wildman–Crippen LogP) is 1.87. The van der Waals surface area contributed by atoms with E-state index in [0.29, 0.717) is 12.6 Å². The number of hydrogen-bond donors (Lipinski definition) is 1. The first-order valence-electron chi connectivity index (χ1n) is 6.18. The molecular formula is C14H24N2O. The Bertz CT molecular complexity index is 300. The maximum absolute atomic E-state index is 5.85. The highest BCUT2D eigenvalue weighted by atomic mass is 16.5. The van der Waals surface area contributed by atoms with E-state index in [1.165, 1.54) is 5.56 Å². The van der Waals surface area contributed by atoms with E-state index in [-0.39, 0.29) is 6.04 Å². The number of ether oxygens (including phenoxy) is 1. The third-order valence-corrected chi connectivity index (χ3v) is 3.16. The fourth-order valence-electron chi connectivity index (χ4n) is 1.58. The zero-order chi connectivity index (χ0) is 12.7. The summed E-state index contributed by atoms with van der Waals surface area (Å²) in [5.41, 5.74) is 7.07. The van der Waals surface area contributed by atoms with Crippen molar-refractivity contribution in [1.82, 2.24) is 4.90 Å². The molecule has 3 heteroatoms. The van der Waals surface area contributed by atoms with Crippen molar-refractivity contribution in [3.63, 3.8) is 0 Å². The summed E-state index contributed by atoms with van der Waals surface area (Å²) in [4.78, 5) is 2.23. The highest BCUT2D eigenvalue weighted by molar-refractivity contribution is 5.13. The van der Waals surface area contributed by atoms with Crippen molar-refractivity contribution in [3.05, 3.63) is 35.9 Å². The van der Waals surface area contributed by atoms with Crippen LogP contribution in [0.3, 0.4) is 0 Å². The second-order valence-corrected chi connectivity index (χ2v) is 4.62. The van der Waals surface area contributed by atoms with Gasteiger partial charge in [-0.2, -0.15) is 0 Å². The summed E-state index contributed by atoms with van der Waals surface area (Å²) < 4.78 is 5.64. The number of nitrogens with zero attached hydrogens (tertiary/aromatic N) is 1. The normalized spacial score (nSPS) is 14.9. The van der Waals surface area contributed by atoms with Crippen molar-refractivity contribution >= 4 is 0 Å². The molecule has 0 bridgehead atoms. The van der Waals surface area contributed by atoms with E-state index < -0.39 is 0 Å². The summed E-state index contributed by atoms with van der Waals surface area (Å²) in [6.45, 7) is 6.51. The van der Waals surface area contributed by atoms with Gasteiger partial charge in [0, 0.05) is 18.6 Å². The van der Waals surface area contributed by atoms with Crippen LogP contribution in [0.2, 0.25) is 0 Å². The summed E-state index contributed by atoms with van der Waals surface area (Å²) in [6, 6.07) is 10.8. The van der Waals surface area contributed by atoms with Crippen molar-refractivity contribution < 1.29 is 4.74 Å². The van der Waals surface area contributed by atoms with Gasteiger partial charge < -0.3 is 10.5 Å². The Labute approximate surface area is 105 Å². The maximum atomic E-state index is 5.85. The van der Waals surface area contributed by atoms with E-state index >= 15 is 0 Å². The molecule has 3 nitrogen and oxygen atoms in total. The molecule has 17 heavy (non-hydrogen) atoms. The van der Waals surface area contributed by atoms with E-state index in [2.05, 4.69) is 31.0 Å². The van der Waals surface area contributed by atoms with Gasteiger partial charge in [0.05, 0.1) is 13.2 Å². The van der Waals surface area contributed by atoms with Crippen LogP contribution in [0.5, 0.6) is 0 Å². The average molecular weight is 236 g/mol. The molecule has 1 rings (SSSR count). The fourth-order valence-corrected chi connectivity index (χ4v) is 1.58. The Kier molecular flexibility index (Phi) is 6.19. The molecular weight excluding hydrogens is 212 g/mol. The van der Waals surface area contributed by atoms with Gasteiger partial charge in [0.15, 0.2) is 0 Å². The number of likely N-dealkylation sites (N-methyl/N-ethyl adjacent to an activating group) is 1. The second-order valence-electron chi connectivity index (χ2n) is 4.62. The van der Waals surface area contributed by atoms with Crippen LogP contribution < -0.4 is 5.73 Å². The van der Waals surface area contributed by atoms with Crippen LogP contribution in [0.15, 0.2) is 30.3 Å². The SMILES string of the molecule is CC(N)C(C)N(C)CCOCc1ccccc1. The molecule has 0 aliphatic carbocycles. The van der Waals surface area contributed by atoms with Crippen molar-refractivity contribution in [2.75, 3.05) is 20.2 Å². The summed E-state index contributed by atoms with van der Waals surface area (Å²) in [5.74, 6) is 0. The van der Waals surface area contributed by atoms with Crippen LogP contribution in [0.25, 0.3) is 0 Å². The van der Waals surface area contributed by atoms with Gasteiger partial charge in [-0.05, 0) is 26.5 Å². The van der Waals surface area contributed by atoms with Crippen LogP contribution in [-0.4, -0.2) is 37.2 Å². The summed E-state index contributed by atoms with van der Waals surface area (Å²) in [5, 5.41) is 0. The lowest BCUT2D eigenvalue weighted by Crippen LogP contribution is -2.43. The Balaban J connectivity index is 2.16. The third-order valence-electron chi connectivity index (χ3n) is 3.16. The molecule has 0 saturated carbocycles. The summed E-state index contributed by atoms with van der Waals surface area (Å²) in [7, 11) is 2.08. The van der Waals surface area contributed by atoms with Gasteiger partial charge in [0.1, 0.15) is 0 Å². The van der Waals surface area contributed by atoms with E-state index in [0.717, 1.165) is 13.2 Å². The molecule has 0 aliphatic heterocycles. The first kappa shape index (κ1) is 14.2. The molecule has 2 atom stereocenters. The van der Waals surface area contributed by atoms with Gasteiger partial charge in [-0.25, -0.2) is 0 Å². The molecule has 96 valence electrons. The van der Waals surface area contributed by atoms with Gasteiger partial charge in [-0.3, -0.25) is 4.90 Å². The van der Waals surface area contributed by atoms with Crippen LogP contribution >= 0.6 is 0 Å². The second kappa shape index (κ2) is 7.43. The Morgan fingerprint density at radius 1 is 1.24 bits per heavy atom. The molecule has 0 aromatic heterocycles. The molecule has 0 heterocycles. The summed E-state index contributed by atoms with van der Waals surface area (Å²) >= 11 is 0. The predicted molar refractivity (Wildman–Crippen MR) is 71.8 cm³/mol. The molecule has 0 saturated heterocycles. The van der Waals surface area contributed by atoms with Gasteiger partial charge >= 0.3 is 0 Å². The van der Waals surface area contributed by atoms with Crippen molar-refractivity contribution in [2.24, 2.45) is 5.73 Å². The lowest BCUT2D eigenvalue weighted by Gasteiger charge is -2.27. The zero-order valence-corrected chi connectivity index (χ0v) is 11.1. The largest absolute Gasteiger partial charge is 0.375 e. The van der Waals surface area contributed by atoms with E-state index in [1.807, 2.05) is 25.1 Å². The highest BCUT2D eigenvalue weighted by Gasteiger charge is 2.12. The minimum atomic E-state index is 0.189. The standard InChI is InChI=1S/C14H24N2O/c1-12(15)13(2)16(3)9-10-17-11-14-7-5-4-6-8-14/h4-8,12-13H,9-11,15H2,1-3H3. The lowest BCUT2D eigenvalue weighted by molar-refractivity contribution is 0.0871. The van der Waals surface area contributed by atoms with Crippen molar-refractivity contribution in [2.45, 2.75) is 32.5 Å². The number of benzene rings is 1. The Morgan fingerprint density at radius 2 is 1.88 bits per heavy atom. The first-order valence-corrected chi connectivity index (χ1v) is 6.18. The molecule has 0 aliphatic rings. The monoisotopic (exact) mass is 236 g/mol. The minimum absolute atomic E-state index is 0.189. The minimum Gasteiger partial charge on any atom is -0.375 e. The van der Waals surface area contributed by atoms with Crippen LogP contribution in [0.1, 0.15) is 19.4 Å². The van der Waals surface area contributed by atoms with Crippen LogP contribution in [0, 0.1) is 0 Å². The van der Waals surface area contributed by atoms with Crippen molar-refractivity contribution in [3.8, 4) is 0 Å². The van der Waals surface area contributed by atoms with Crippen LogP contribution in [-0.2, 0) is 11.3 Å². The summed E-state index contributed by atoms with van der Waals surface area (Å²) in [6.07, 6.45) is 0. The zero-order valence-electron chi connectivity index (χ0n) is 11.1.